The zero-order valence-electron chi connectivity index (χ0n) is 15.7. The summed E-state index contributed by atoms with van der Waals surface area (Å²) in [5, 5.41) is 15.2. The van der Waals surface area contributed by atoms with Gasteiger partial charge in [-0.1, -0.05) is 12.1 Å². The molecule has 5 N–H and O–H groups in total. The molecule has 0 amide bonds. The van der Waals surface area contributed by atoms with Crippen molar-refractivity contribution in [1.29, 1.82) is 0 Å². The van der Waals surface area contributed by atoms with Gasteiger partial charge in [-0.25, -0.2) is 9.97 Å². The highest BCUT2D eigenvalue weighted by molar-refractivity contribution is 6.14. The summed E-state index contributed by atoms with van der Waals surface area (Å²) >= 11 is 0. The summed E-state index contributed by atoms with van der Waals surface area (Å²) in [5.74, 6) is 1.09. The molecule has 0 spiro atoms. The monoisotopic (exact) mass is 392 g/mol. The third kappa shape index (κ3) is 2.98. The first-order chi connectivity index (χ1) is 14.1. The number of rotatable bonds is 4. The number of H-pyrrole nitrogens is 1. The third-order valence-corrected chi connectivity index (χ3v) is 5.09. The van der Waals surface area contributed by atoms with E-state index in [2.05, 4.69) is 30.2 Å². The maximum absolute atomic E-state index is 10.2. The molecule has 1 aliphatic rings. The van der Waals surface area contributed by atoms with E-state index in [1.54, 1.807) is 12.4 Å². The largest absolute Gasteiger partial charge is 0.421 e. The number of hydrogen-bond acceptors (Lipinski definition) is 9. The number of fused-ring (bicyclic) bond motifs is 3. The normalized spacial score (nSPS) is 19.2. The summed E-state index contributed by atoms with van der Waals surface area (Å²) in [6, 6.07) is 5.79. The maximum atomic E-state index is 10.2. The van der Waals surface area contributed by atoms with Crippen LogP contribution in [0.4, 0.5) is 11.5 Å². The Morgan fingerprint density at radius 3 is 2.79 bits per heavy atom. The van der Waals surface area contributed by atoms with E-state index in [1.807, 2.05) is 30.1 Å². The number of nitrogens with zero attached hydrogens (tertiary/aromatic N) is 5. The van der Waals surface area contributed by atoms with Crippen molar-refractivity contribution in [3.63, 3.8) is 0 Å². The first-order valence-corrected chi connectivity index (χ1v) is 9.25. The summed E-state index contributed by atoms with van der Waals surface area (Å²) in [6.45, 7) is 0.874. The summed E-state index contributed by atoms with van der Waals surface area (Å²) in [7, 11) is 1.87. The van der Waals surface area contributed by atoms with Gasteiger partial charge in [0.05, 0.1) is 35.1 Å². The number of aliphatic hydroxyl groups excluding tert-OH is 1. The molecular formula is C19H20N8O2. The van der Waals surface area contributed by atoms with Crippen molar-refractivity contribution in [3.8, 4) is 11.8 Å². The molecule has 1 fully saturated rings. The van der Waals surface area contributed by atoms with Crippen molar-refractivity contribution in [1.82, 2.24) is 24.9 Å². The van der Waals surface area contributed by atoms with Crippen LogP contribution in [0.15, 0.2) is 36.9 Å². The molecule has 1 aliphatic heterocycles. The predicted molar refractivity (Wildman–Crippen MR) is 109 cm³/mol. The minimum Gasteiger partial charge on any atom is -0.421 e. The first-order valence-electron chi connectivity index (χ1n) is 9.25. The topological polar surface area (TPSA) is 138 Å². The number of benzene rings is 1. The zero-order chi connectivity index (χ0) is 20.0. The van der Waals surface area contributed by atoms with Crippen LogP contribution in [0.5, 0.6) is 11.8 Å². The van der Waals surface area contributed by atoms with Crippen LogP contribution in [-0.4, -0.2) is 62.3 Å². The lowest BCUT2D eigenvalue weighted by Gasteiger charge is -2.18. The molecule has 0 saturated carbocycles. The number of para-hydroxylation sites is 1. The van der Waals surface area contributed by atoms with Gasteiger partial charge in [0, 0.05) is 31.6 Å². The van der Waals surface area contributed by atoms with E-state index < -0.39 is 6.10 Å². The molecule has 2 atom stereocenters. The van der Waals surface area contributed by atoms with Crippen molar-refractivity contribution in [2.24, 2.45) is 5.73 Å². The van der Waals surface area contributed by atoms with Gasteiger partial charge in [0.2, 0.25) is 0 Å². The quantitative estimate of drug-likeness (QED) is 0.404. The minimum atomic E-state index is -0.620. The molecule has 1 aromatic carbocycles. The van der Waals surface area contributed by atoms with E-state index in [0.717, 1.165) is 22.0 Å². The highest BCUT2D eigenvalue weighted by Crippen LogP contribution is 2.37. The second-order valence-electron chi connectivity index (χ2n) is 6.97. The molecule has 148 valence electrons. The minimum absolute atomic E-state index is 0.162. The molecule has 4 aromatic rings. The molecule has 4 heterocycles. The van der Waals surface area contributed by atoms with E-state index in [9.17, 15) is 5.11 Å². The van der Waals surface area contributed by atoms with E-state index in [0.29, 0.717) is 30.3 Å². The Morgan fingerprint density at radius 1 is 1.24 bits per heavy atom. The molecule has 3 aromatic heterocycles. The van der Waals surface area contributed by atoms with E-state index in [1.165, 1.54) is 6.33 Å². The summed E-state index contributed by atoms with van der Waals surface area (Å²) in [6.07, 6.45) is 3.89. The number of aromatic nitrogens is 5. The van der Waals surface area contributed by atoms with E-state index in [-0.39, 0.29) is 12.1 Å². The molecule has 2 unspecified atom stereocenters. The van der Waals surface area contributed by atoms with Crippen molar-refractivity contribution in [2.45, 2.75) is 12.1 Å². The smallest absolute Gasteiger partial charge is 0.326 e. The van der Waals surface area contributed by atoms with Gasteiger partial charge in [-0.3, -0.25) is 0 Å². The number of aliphatic hydroxyl groups is 1. The molecule has 0 bridgehead atoms. The Morgan fingerprint density at radius 2 is 2.07 bits per heavy atom. The second kappa shape index (κ2) is 6.83. The number of β-amino-alcohol motifs (C(OH)–C–C–N with tert-alkyl or cyclic N) is 1. The maximum Gasteiger partial charge on any atom is 0.326 e. The standard InChI is InChI=1S/C19H20N8O2/c1-21-13-4-2-3-11-15-17(24-16(11)13)25-19(29-10-5-22-9-23-6-10)26-18(15)27-7-12(20)14(28)8-27/h2-6,9,12,14,21,28H,7-8,20H2,1H3,(H,24,25,26). The van der Waals surface area contributed by atoms with Gasteiger partial charge in [0.1, 0.15) is 17.8 Å². The van der Waals surface area contributed by atoms with Crippen molar-refractivity contribution in [3.05, 3.63) is 36.9 Å². The number of aromatic amines is 1. The molecule has 10 heteroatoms. The fraction of sp³-hybridized carbons (Fsp3) is 0.263. The van der Waals surface area contributed by atoms with Gasteiger partial charge in [-0.05, 0) is 6.07 Å². The van der Waals surface area contributed by atoms with Crippen LogP contribution in [0.1, 0.15) is 0 Å². The number of nitrogens with one attached hydrogen (secondary N) is 2. The number of anilines is 2. The van der Waals surface area contributed by atoms with E-state index in [4.69, 9.17) is 10.5 Å². The van der Waals surface area contributed by atoms with Crippen LogP contribution in [0.25, 0.3) is 21.9 Å². The van der Waals surface area contributed by atoms with Crippen molar-refractivity contribution >= 4 is 33.4 Å². The number of nitrogens with two attached hydrogens (primary N) is 1. The van der Waals surface area contributed by atoms with Crippen LogP contribution in [0.2, 0.25) is 0 Å². The molecule has 1 saturated heterocycles. The van der Waals surface area contributed by atoms with E-state index >= 15 is 0 Å². The lowest BCUT2D eigenvalue weighted by Crippen LogP contribution is -2.32. The highest BCUT2D eigenvalue weighted by Gasteiger charge is 2.31. The summed E-state index contributed by atoms with van der Waals surface area (Å²) < 4.78 is 5.79. The zero-order valence-corrected chi connectivity index (χ0v) is 15.7. The van der Waals surface area contributed by atoms with Crippen LogP contribution in [0.3, 0.4) is 0 Å². The second-order valence-corrected chi connectivity index (χ2v) is 6.97. The van der Waals surface area contributed by atoms with Crippen LogP contribution < -0.4 is 20.7 Å². The van der Waals surface area contributed by atoms with Gasteiger partial charge in [-0.15, -0.1) is 0 Å². The van der Waals surface area contributed by atoms with Gasteiger partial charge < -0.3 is 30.8 Å². The van der Waals surface area contributed by atoms with Gasteiger partial charge in [0.25, 0.3) is 0 Å². The van der Waals surface area contributed by atoms with Crippen LogP contribution >= 0.6 is 0 Å². The van der Waals surface area contributed by atoms with Crippen molar-refractivity contribution < 1.29 is 9.84 Å². The third-order valence-electron chi connectivity index (χ3n) is 5.09. The van der Waals surface area contributed by atoms with Crippen LogP contribution in [0, 0.1) is 0 Å². The number of ether oxygens (including phenoxy) is 1. The lowest BCUT2D eigenvalue weighted by molar-refractivity contribution is 0.180. The summed E-state index contributed by atoms with van der Waals surface area (Å²) in [4.78, 5) is 22.5. The molecular weight excluding hydrogens is 372 g/mol. The average Bonchev–Trinajstić information content (AvgIpc) is 3.27. The van der Waals surface area contributed by atoms with Gasteiger partial charge in [-0.2, -0.15) is 9.97 Å². The first kappa shape index (κ1) is 17.6. The molecule has 29 heavy (non-hydrogen) atoms. The SMILES string of the molecule is CNc1cccc2c1[nH]c1nc(Oc3cncnc3)nc(N3CC(N)C(O)C3)c12. The molecule has 0 radical (unpaired) electrons. The summed E-state index contributed by atoms with van der Waals surface area (Å²) in [5.41, 5.74) is 8.55. The molecule has 10 nitrogen and oxygen atoms in total. The highest BCUT2D eigenvalue weighted by atomic mass is 16.5. The fourth-order valence-corrected chi connectivity index (χ4v) is 3.69. The Balaban J connectivity index is 1.71. The van der Waals surface area contributed by atoms with Crippen molar-refractivity contribution in [2.75, 3.05) is 30.4 Å². The van der Waals surface area contributed by atoms with Gasteiger partial charge >= 0.3 is 6.01 Å². The lowest BCUT2D eigenvalue weighted by atomic mass is 10.1. The Kier molecular flexibility index (Phi) is 4.14. The Bertz CT molecular complexity index is 1170. The molecule has 5 rings (SSSR count). The fourth-order valence-electron chi connectivity index (χ4n) is 3.69. The predicted octanol–water partition coefficient (Wildman–Crippen LogP) is 1.24. The average molecular weight is 392 g/mol. The Hall–Kier alpha value is -3.50. The van der Waals surface area contributed by atoms with Crippen LogP contribution in [-0.2, 0) is 0 Å². The Labute approximate surface area is 165 Å². The molecule has 0 aliphatic carbocycles. The number of hydrogen-bond donors (Lipinski definition) is 4. The van der Waals surface area contributed by atoms with Gasteiger partial charge in [0.15, 0.2) is 5.75 Å².